The normalized spacial score (nSPS) is 27.5. The maximum absolute atomic E-state index is 12.7. The summed E-state index contributed by atoms with van der Waals surface area (Å²) in [6.07, 6.45) is -1.74. The first-order valence-corrected chi connectivity index (χ1v) is 6.68. The van der Waals surface area contributed by atoms with Crippen LogP contribution in [0, 0.1) is 11.7 Å². The van der Waals surface area contributed by atoms with Crippen molar-refractivity contribution in [2.75, 3.05) is 32.8 Å². The summed E-state index contributed by atoms with van der Waals surface area (Å²) in [5.74, 6) is -0.0662. The lowest BCUT2D eigenvalue weighted by Gasteiger charge is -2.38. The molecule has 0 aromatic heterocycles. The Hall–Kier alpha value is -1.21. The topological polar surface area (TPSA) is 73.2 Å². The van der Waals surface area contributed by atoms with Gasteiger partial charge in [-0.2, -0.15) is 0 Å². The van der Waals surface area contributed by atoms with Crippen LogP contribution in [0.4, 0.5) is 4.39 Å². The highest BCUT2D eigenvalue weighted by Gasteiger charge is 2.33. The van der Waals surface area contributed by atoms with E-state index in [0.717, 1.165) is 0 Å². The van der Waals surface area contributed by atoms with Crippen molar-refractivity contribution in [3.63, 3.8) is 0 Å². The van der Waals surface area contributed by atoms with Gasteiger partial charge in [-0.1, -0.05) is 0 Å². The Bertz CT molecular complexity index is 414. The number of hydrogen-bond acceptors (Lipinski definition) is 5. The SMILES string of the molecule is OC[C@H]1CN(CCOc2ccc(F)cc2)C[C@@H](O)[C@@H]1O. The number of benzene rings is 1. The largest absolute Gasteiger partial charge is 0.492 e. The molecule has 1 aromatic rings. The van der Waals surface area contributed by atoms with Crippen molar-refractivity contribution < 1.29 is 24.4 Å². The van der Waals surface area contributed by atoms with E-state index in [9.17, 15) is 14.6 Å². The Labute approximate surface area is 117 Å². The predicted molar refractivity (Wildman–Crippen MR) is 70.9 cm³/mol. The molecule has 0 radical (unpaired) electrons. The minimum absolute atomic E-state index is 0.159. The highest BCUT2D eigenvalue weighted by molar-refractivity contribution is 5.21. The summed E-state index contributed by atoms with van der Waals surface area (Å²) in [6, 6.07) is 5.78. The first-order valence-electron chi connectivity index (χ1n) is 6.68. The number of hydrogen-bond donors (Lipinski definition) is 3. The predicted octanol–water partition coefficient (Wildman–Crippen LogP) is -0.150. The molecule has 1 aromatic carbocycles. The summed E-state index contributed by atoms with van der Waals surface area (Å²) in [6.45, 7) is 1.67. The van der Waals surface area contributed by atoms with Crippen LogP contribution >= 0.6 is 0 Å². The third-order valence-electron chi connectivity index (χ3n) is 3.54. The maximum atomic E-state index is 12.7. The summed E-state index contributed by atoms with van der Waals surface area (Å²) in [5, 5.41) is 28.6. The molecule has 0 bridgehead atoms. The van der Waals surface area contributed by atoms with E-state index in [2.05, 4.69) is 0 Å². The zero-order valence-corrected chi connectivity index (χ0v) is 11.2. The molecule has 1 aliphatic heterocycles. The molecule has 3 atom stereocenters. The lowest BCUT2D eigenvalue weighted by Crippen LogP contribution is -2.54. The molecule has 1 heterocycles. The van der Waals surface area contributed by atoms with E-state index >= 15 is 0 Å². The minimum atomic E-state index is -0.880. The van der Waals surface area contributed by atoms with Crippen LogP contribution in [0.3, 0.4) is 0 Å². The lowest BCUT2D eigenvalue weighted by atomic mass is 9.93. The number of halogens is 1. The molecule has 20 heavy (non-hydrogen) atoms. The van der Waals surface area contributed by atoms with E-state index < -0.39 is 12.2 Å². The van der Waals surface area contributed by atoms with Crippen LogP contribution in [-0.2, 0) is 0 Å². The van der Waals surface area contributed by atoms with E-state index in [1.165, 1.54) is 12.1 Å². The Balaban J connectivity index is 1.77. The number of piperidine rings is 1. The van der Waals surface area contributed by atoms with Gasteiger partial charge in [0, 0.05) is 32.2 Å². The molecule has 1 fully saturated rings. The monoisotopic (exact) mass is 285 g/mol. The van der Waals surface area contributed by atoms with Gasteiger partial charge in [0.1, 0.15) is 18.2 Å². The molecule has 0 spiro atoms. The van der Waals surface area contributed by atoms with Crippen LogP contribution in [0.1, 0.15) is 0 Å². The molecule has 1 saturated heterocycles. The molecular weight excluding hydrogens is 265 g/mol. The molecule has 0 saturated carbocycles. The second-order valence-corrected chi connectivity index (χ2v) is 5.06. The number of nitrogens with zero attached hydrogens (tertiary/aromatic N) is 1. The zero-order valence-electron chi connectivity index (χ0n) is 11.2. The standard InChI is InChI=1S/C14H20FNO4/c15-11-1-3-12(4-2-11)20-6-5-16-7-10(9-17)14(19)13(18)8-16/h1-4,10,13-14,17-19H,5-9H2/t10-,13-,14-/m1/s1. The summed E-state index contributed by atoms with van der Waals surface area (Å²) in [4.78, 5) is 1.93. The fourth-order valence-corrected chi connectivity index (χ4v) is 2.37. The van der Waals surface area contributed by atoms with Gasteiger partial charge in [0.15, 0.2) is 0 Å². The van der Waals surface area contributed by atoms with Crippen LogP contribution in [-0.4, -0.2) is 65.3 Å². The quantitative estimate of drug-likeness (QED) is 0.702. The average Bonchev–Trinajstić information content (AvgIpc) is 2.44. The van der Waals surface area contributed by atoms with Crippen LogP contribution in [0.2, 0.25) is 0 Å². The molecule has 0 amide bonds. The van der Waals surface area contributed by atoms with Crippen LogP contribution in [0.5, 0.6) is 5.75 Å². The van der Waals surface area contributed by atoms with Gasteiger partial charge in [-0.3, -0.25) is 4.90 Å². The Morgan fingerprint density at radius 3 is 2.55 bits per heavy atom. The number of aliphatic hydroxyl groups is 3. The molecule has 2 rings (SSSR count). The Morgan fingerprint density at radius 1 is 1.20 bits per heavy atom. The molecular formula is C14H20FNO4. The van der Waals surface area contributed by atoms with Crippen molar-refractivity contribution in [2.24, 2.45) is 5.92 Å². The van der Waals surface area contributed by atoms with Crippen molar-refractivity contribution in [3.05, 3.63) is 30.1 Å². The van der Waals surface area contributed by atoms with E-state index in [1.54, 1.807) is 12.1 Å². The van der Waals surface area contributed by atoms with Crippen molar-refractivity contribution >= 4 is 0 Å². The summed E-state index contributed by atoms with van der Waals surface area (Å²) >= 11 is 0. The van der Waals surface area contributed by atoms with E-state index in [0.29, 0.717) is 32.0 Å². The second kappa shape index (κ2) is 6.99. The highest BCUT2D eigenvalue weighted by atomic mass is 19.1. The number of rotatable bonds is 5. The van der Waals surface area contributed by atoms with Gasteiger partial charge in [0.25, 0.3) is 0 Å². The molecule has 0 aliphatic carbocycles. The summed E-state index contributed by atoms with van der Waals surface area (Å²) in [5.41, 5.74) is 0. The van der Waals surface area contributed by atoms with Crippen molar-refractivity contribution in [3.8, 4) is 5.75 Å². The first-order chi connectivity index (χ1) is 9.60. The van der Waals surface area contributed by atoms with Crippen LogP contribution in [0.15, 0.2) is 24.3 Å². The Kier molecular flexibility index (Phi) is 5.31. The summed E-state index contributed by atoms with van der Waals surface area (Å²) in [7, 11) is 0. The van der Waals surface area contributed by atoms with Gasteiger partial charge in [0.2, 0.25) is 0 Å². The smallest absolute Gasteiger partial charge is 0.123 e. The Morgan fingerprint density at radius 2 is 1.90 bits per heavy atom. The zero-order chi connectivity index (χ0) is 14.5. The van der Waals surface area contributed by atoms with Crippen molar-refractivity contribution in [1.29, 1.82) is 0 Å². The summed E-state index contributed by atoms with van der Waals surface area (Å²) < 4.78 is 18.2. The molecule has 5 nitrogen and oxygen atoms in total. The second-order valence-electron chi connectivity index (χ2n) is 5.06. The van der Waals surface area contributed by atoms with Gasteiger partial charge in [-0.25, -0.2) is 4.39 Å². The van der Waals surface area contributed by atoms with E-state index in [-0.39, 0.29) is 18.3 Å². The maximum Gasteiger partial charge on any atom is 0.123 e. The molecule has 0 unspecified atom stereocenters. The molecule has 112 valence electrons. The number of aliphatic hydroxyl groups excluding tert-OH is 3. The average molecular weight is 285 g/mol. The van der Waals surface area contributed by atoms with Crippen LogP contribution < -0.4 is 4.74 Å². The highest BCUT2D eigenvalue weighted by Crippen LogP contribution is 2.17. The van der Waals surface area contributed by atoms with Crippen molar-refractivity contribution in [1.82, 2.24) is 4.90 Å². The number of β-amino-alcohol motifs (C(OH)–C–C–N with tert-alkyl or cyclic N) is 1. The van der Waals surface area contributed by atoms with E-state index in [1.807, 2.05) is 4.90 Å². The lowest BCUT2D eigenvalue weighted by molar-refractivity contribution is -0.0874. The van der Waals surface area contributed by atoms with E-state index in [4.69, 9.17) is 9.84 Å². The molecule has 1 aliphatic rings. The van der Waals surface area contributed by atoms with Gasteiger partial charge >= 0.3 is 0 Å². The third kappa shape index (κ3) is 3.89. The van der Waals surface area contributed by atoms with Gasteiger partial charge in [0.05, 0.1) is 12.2 Å². The fraction of sp³-hybridized carbons (Fsp3) is 0.571. The van der Waals surface area contributed by atoms with Crippen LogP contribution in [0.25, 0.3) is 0 Å². The third-order valence-corrected chi connectivity index (χ3v) is 3.54. The van der Waals surface area contributed by atoms with Gasteiger partial charge in [-0.15, -0.1) is 0 Å². The van der Waals surface area contributed by atoms with Gasteiger partial charge < -0.3 is 20.1 Å². The van der Waals surface area contributed by atoms with Crippen molar-refractivity contribution in [2.45, 2.75) is 12.2 Å². The fourth-order valence-electron chi connectivity index (χ4n) is 2.37. The van der Waals surface area contributed by atoms with Gasteiger partial charge in [-0.05, 0) is 24.3 Å². The molecule has 6 heteroatoms. The number of likely N-dealkylation sites (tertiary alicyclic amines) is 1. The first kappa shape index (κ1) is 15.2. The molecule has 3 N–H and O–H groups in total. The number of ether oxygens (including phenoxy) is 1. The minimum Gasteiger partial charge on any atom is -0.492 e.